The van der Waals surface area contributed by atoms with Gasteiger partial charge in [-0.2, -0.15) is 5.10 Å². The third-order valence-corrected chi connectivity index (χ3v) is 9.12. The lowest BCUT2D eigenvalue weighted by molar-refractivity contribution is -0.141. The number of likely N-dealkylation sites (tertiary alicyclic amines) is 1. The van der Waals surface area contributed by atoms with Crippen LogP contribution < -0.4 is 5.32 Å². The number of Topliss-reactive ketones (excluding diaryl/α,β-unsaturated/α-hetero) is 1. The van der Waals surface area contributed by atoms with E-state index < -0.39 is 0 Å². The number of carbonyl (C=O) groups excluding carboxylic acids is 2. The third kappa shape index (κ3) is 5.41. The number of hydrogen-bond acceptors (Lipinski definition) is 4. The Morgan fingerprint density at radius 3 is 2.63 bits per heavy atom. The third-order valence-electron chi connectivity index (χ3n) is 8.88. The van der Waals surface area contributed by atoms with Crippen LogP contribution in [-0.2, 0) is 23.2 Å². The first-order valence-corrected chi connectivity index (χ1v) is 14.5. The van der Waals surface area contributed by atoms with Crippen LogP contribution in [-0.4, -0.2) is 56.6 Å². The summed E-state index contributed by atoms with van der Waals surface area (Å²) in [6.07, 6.45) is 11.9. The van der Waals surface area contributed by atoms with E-state index in [9.17, 15) is 9.59 Å². The van der Waals surface area contributed by atoms with Gasteiger partial charge in [0.05, 0.1) is 11.7 Å². The molecule has 7 nitrogen and oxygen atoms in total. The molecule has 1 saturated carbocycles. The summed E-state index contributed by atoms with van der Waals surface area (Å²) < 4.78 is 4.15. The highest BCUT2D eigenvalue weighted by Crippen LogP contribution is 2.37. The van der Waals surface area contributed by atoms with Crippen LogP contribution in [0.3, 0.4) is 0 Å². The van der Waals surface area contributed by atoms with E-state index in [0.29, 0.717) is 17.4 Å². The second-order valence-corrected chi connectivity index (χ2v) is 11.6. The van der Waals surface area contributed by atoms with Crippen molar-refractivity contribution in [1.82, 2.24) is 24.6 Å². The summed E-state index contributed by atoms with van der Waals surface area (Å²) in [6, 6.07) is 7.91. The first kappa shape index (κ1) is 26.9. The van der Waals surface area contributed by atoms with Crippen LogP contribution in [0, 0.1) is 11.8 Å². The average molecular weight is 538 g/mol. The molecule has 1 aromatic carbocycles. The van der Waals surface area contributed by atoms with Gasteiger partial charge in [-0.3, -0.25) is 14.3 Å². The largest absolute Gasteiger partial charge is 0.345 e. The number of aryl methyl sites for hydroxylation is 1. The van der Waals surface area contributed by atoms with Crippen molar-refractivity contribution in [1.29, 1.82) is 0 Å². The summed E-state index contributed by atoms with van der Waals surface area (Å²) in [5.41, 5.74) is 3.22. The molecule has 38 heavy (non-hydrogen) atoms. The maximum Gasteiger partial charge on any atom is 0.226 e. The maximum atomic E-state index is 14.2. The fourth-order valence-corrected chi connectivity index (χ4v) is 6.74. The molecular weight excluding hydrogens is 498 g/mol. The topological polar surface area (TPSA) is 72.2 Å². The van der Waals surface area contributed by atoms with Gasteiger partial charge in [0.25, 0.3) is 0 Å². The zero-order valence-corrected chi connectivity index (χ0v) is 23.6. The Bertz CT molecular complexity index is 1290. The number of rotatable bonds is 9. The zero-order chi connectivity index (χ0) is 26.8. The maximum absolute atomic E-state index is 14.2. The second kappa shape index (κ2) is 11.6. The minimum Gasteiger partial charge on any atom is -0.345 e. The predicted molar refractivity (Wildman–Crippen MR) is 152 cm³/mol. The first-order valence-electron chi connectivity index (χ1n) is 14.1. The number of nitrogens with zero attached hydrogens (tertiary/aromatic N) is 4. The van der Waals surface area contributed by atoms with E-state index >= 15 is 0 Å². The van der Waals surface area contributed by atoms with Crippen molar-refractivity contribution in [3.8, 4) is 11.3 Å². The summed E-state index contributed by atoms with van der Waals surface area (Å²) in [4.78, 5) is 29.2. The molecule has 5 rings (SSSR count). The molecule has 1 amide bonds. The van der Waals surface area contributed by atoms with E-state index in [4.69, 9.17) is 11.6 Å². The number of amides is 1. The number of hydrogen-bond donors (Lipinski definition) is 1. The Morgan fingerprint density at radius 2 is 1.92 bits per heavy atom. The van der Waals surface area contributed by atoms with Crippen molar-refractivity contribution in [3.05, 3.63) is 41.7 Å². The van der Waals surface area contributed by atoms with Crippen LogP contribution in [0.15, 0.2) is 36.7 Å². The van der Waals surface area contributed by atoms with Gasteiger partial charge in [-0.15, -0.1) is 0 Å². The van der Waals surface area contributed by atoms with Gasteiger partial charge < -0.3 is 14.8 Å². The number of aromatic nitrogens is 3. The fraction of sp³-hybridized carbons (Fsp3) is 0.567. The van der Waals surface area contributed by atoms with Crippen molar-refractivity contribution in [2.24, 2.45) is 18.9 Å². The number of ketones is 1. The van der Waals surface area contributed by atoms with E-state index in [1.165, 1.54) is 6.42 Å². The average Bonchev–Trinajstić information content (AvgIpc) is 3.65. The number of benzene rings is 1. The Kier molecular flexibility index (Phi) is 8.24. The van der Waals surface area contributed by atoms with Gasteiger partial charge in [0.2, 0.25) is 5.91 Å². The smallest absolute Gasteiger partial charge is 0.226 e. The Hall–Kier alpha value is -2.64. The van der Waals surface area contributed by atoms with Crippen LogP contribution in [0.25, 0.3) is 22.2 Å². The number of nitrogens with one attached hydrogen (secondary N) is 1. The molecular formula is C30H40ClN5O2. The molecule has 8 heteroatoms. The van der Waals surface area contributed by atoms with Gasteiger partial charge in [-0.05, 0) is 69.8 Å². The Balaban J connectivity index is 1.42. The molecule has 1 saturated heterocycles. The molecule has 2 aromatic heterocycles. The fourth-order valence-electron chi connectivity index (χ4n) is 6.56. The van der Waals surface area contributed by atoms with Gasteiger partial charge in [-0.25, -0.2) is 0 Å². The molecule has 0 bridgehead atoms. The molecule has 2 fully saturated rings. The molecule has 2 aliphatic rings. The molecule has 204 valence electrons. The lowest BCUT2D eigenvalue weighted by Crippen LogP contribution is -2.45. The minimum absolute atomic E-state index is 0.107. The molecule has 0 spiro atoms. The van der Waals surface area contributed by atoms with Crippen LogP contribution in [0.2, 0.25) is 5.02 Å². The lowest BCUT2D eigenvalue weighted by Gasteiger charge is -2.35. The standard InChI is InChI=1S/C30H40ClN5O2/c1-20(32-2)29(37)17-24(21-8-5-4-6-9-21)30(38)36-15-7-10-23(36)18-35-19-26(27-13-14-33-34(27)3)25-16-22(31)11-12-28(25)35/h11-14,16,19-21,23-24,32H,4-10,15,17-18H2,1-3H3. The van der Waals surface area contributed by atoms with E-state index in [0.717, 1.165) is 73.8 Å². The van der Waals surface area contributed by atoms with E-state index in [2.05, 4.69) is 32.1 Å². The summed E-state index contributed by atoms with van der Waals surface area (Å²) >= 11 is 6.40. The molecule has 0 radical (unpaired) electrons. The predicted octanol–water partition coefficient (Wildman–Crippen LogP) is 5.45. The molecule has 3 unspecified atom stereocenters. The van der Waals surface area contributed by atoms with Gasteiger partial charge >= 0.3 is 0 Å². The van der Waals surface area contributed by atoms with Crippen LogP contribution in [0.5, 0.6) is 0 Å². The van der Waals surface area contributed by atoms with E-state index in [1.807, 2.05) is 50.1 Å². The molecule has 3 heterocycles. The summed E-state index contributed by atoms with van der Waals surface area (Å²) in [5.74, 6) is 0.407. The van der Waals surface area contributed by atoms with Crippen molar-refractivity contribution in [2.45, 2.75) is 76.9 Å². The van der Waals surface area contributed by atoms with Crippen LogP contribution in [0.4, 0.5) is 0 Å². The van der Waals surface area contributed by atoms with Gasteiger partial charge in [0.1, 0.15) is 5.78 Å². The molecule has 3 atom stereocenters. The summed E-state index contributed by atoms with van der Waals surface area (Å²) in [6.45, 7) is 3.38. The van der Waals surface area contributed by atoms with Crippen molar-refractivity contribution in [3.63, 3.8) is 0 Å². The first-order chi connectivity index (χ1) is 18.4. The van der Waals surface area contributed by atoms with E-state index in [-0.39, 0.29) is 29.7 Å². The highest BCUT2D eigenvalue weighted by Gasteiger charge is 2.39. The normalized spacial score (nSPS) is 20.2. The number of halogens is 1. The Morgan fingerprint density at radius 1 is 1.13 bits per heavy atom. The summed E-state index contributed by atoms with van der Waals surface area (Å²) in [5, 5.41) is 9.22. The van der Waals surface area contributed by atoms with Crippen LogP contribution in [0.1, 0.15) is 58.3 Å². The summed E-state index contributed by atoms with van der Waals surface area (Å²) in [7, 11) is 3.76. The van der Waals surface area contributed by atoms with Crippen LogP contribution >= 0.6 is 11.6 Å². The Labute approximate surface area is 230 Å². The van der Waals surface area contributed by atoms with E-state index in [1.54, 1.807) is 0 Å². The highest BCUT2D eigenvalue weighted by atomic mass is 35.5. The van der Waals surface area contributed by atoms with Gasteiger partial charge in [0.15, 0.2) is 0 Å². The quantitative estimate of drug-likeness (QED) is 0.394. The van der Waals surface area contributed by atoms with Gasteiger partial charge in [-0.1, -0.05) is 30.9 Å². The van der Waals surface area contributed by atoms with Gasteiger partial charge in [0, 0.05) is 72.4 Å². The SMILES string of the molecule is CNC(C)C(=O)CC(C(=O)N1CCCC1Cn1cc(-c2ccnn2C)c2cc(Cl)ccc21)C1CCCCC1. The van der Waals surface area contributed by atoms with Crippen molar-refractivity contribution < 1.29 is 9.59 Å². The monoisotopic (exact) mass is 537 g/mol. The molecule has 3 aromatic rings. The molecule has 1 N–H and O–H groups in total. The molecule has 1 aliphatic carbocycles. The second-order valence-electron chi connectivity index (χ2n) is 11.2. The van der Waals surface area contributed by atoms with Crippen molar-refractivity contribution >= 4 is 34.2 Å². The minimum atomic E-state index is -0.230. The van der Waals surface area contributed by atoms with Crippen molar-refractivity contribution in [2.75, 3.05) is 13.6 Å². The highest BCUT2D eigenvalue weighted by molar-refractivity contribution is 6.31. The number of fused-ring (bicyclic) bond motifs is 1. The number of carbonyl (C=O) groups is 2. The molecule has 1 aliphatic heterocycles. The number of likely N-dealkylation sites (N-methyl/N-ethyl adjacent to an activating group) is 1. The zero-order valence-electron chi connectivity index (χ0n) is 22.8. The lowest BCUT2D eigenvalue weighted by atomic mass is 9.76.